The topological polar surface area (TPSA) is 61.4 Å². The molecule has 1 saturated heterocycles. The summed E-state index contributed by atoms with van der Waals surface area (Å²) >= 11 is 0. The van der Waals surface area contributed by atoms with Crippen LogP contribution in [0.15, 0.2) is 0 Å². The summed E-state index contributed by atoms with van der Waals surface area (Å²) in [6.07, 6.45) is 6.48. The molecule has 0 aromatic carbocycles. The summed E-state index contributed by atoms with van der Waals surface area (Å²) < 4.78 is 0. The Morgan fingerprint density at radius 2 is 2.22 bits per heavy atom. The van der Waals surface area contributed by atoms with Crippen LogP contribution in [0, 0.1) is 5.41 Å². The Balaban J connectivity index is 1.96. The second-order valence-electron chi connectivity index (χ2n) is 5.89. The SMILES string of the molecule is CCCC1(C(=O)NC2CCCCC2O)CCNC1. The second-order valence-corrected chi connectivity index (χ2v) is 5.89. The van der Waals surface area contributed by atoms with Crippen molar-refractivity contribution in [3.63, 3.8) is 0 Å². The van der Waals surface area contributed by atoms with Crippen LogP contribution in [0.3, 0.4) is 0 Å². The fourth-order valence-corrected chi connectivity index (χ4v) is 3.34. The van der Waals surface area contributed by atoms with E-state index in [1.165, 1.54) is 0 Å². The minimum Gasteiger partial charge on any atom is -0.391 e. The number of hydrogen-bond donors (Lipinski definition) is 3. The van der Waals surface area contributed by atoms with Crippen LogP contribution in [-0.4, -0.2) is 36.2 Å². The molecule has 1 aliphatic heterocycles. The molecule has 3 atom stereocenters. The predicted octanol–water partition coefficient (Wildman–Crippen LogP) is 1.19. The molecule has 1 amide bonds. The summed E-state index contributed by atoms with van der Waals surface area (Å²) in [4.78, 5) is 12.5. The maximum atomic E-state index is 12.5. The van der Waals surface area contributed by atoms with Gasteiger partial charge in [0.05, 0.1) is 17.6 Å². The van der Waals surface area contributed by atoms with Crippen LogP contribution in [0.5, 0.6) is 0 Å². The number of aliphatic hydroxyl groups excluding tert-OH is 1. The number of carbonyl (C=O) groups is 1. The lowest BCUT2D eigenvalue weighted by Crippen LogP contribution is -2.51. The third kappa shape index (κ3) is 2.86. The van der Waals surface area contributed by atoms with E-state index in [0.29, 0.717) is 0 Å². The van der Waals surface area contributed by atoms with Gasteiger partial charge in [-0.05, 0) is 32.2 Å². The first kappa shape index (κ1) is 13.8. The van der Waals surface area contributed by atoms with Crippen molar-refractivity contribution in [1.82, 2.24) is 10.6 Å². The Bertz CT molecular complexity index is 288. The lowest BCUT2D eigenvalue weighted by molar-refractivity contribution is -0.132. The normalized spacial score (nSPS) is 36.6. The summed E-state index contributed by atoms with van der Waals surface area (Å²) in [6, 6.07) is -0.0272. The largest absolute Gasteiger partial charge is 0.391 e. The van der Waals surface area contributed by atoms with E-state index in [2.05, 4.69) is 17.6 Å². The molecule has 4 nitrogen and oxygen atoms in total. The van der Waals surface area contributed by atoms with Crippen LogP contribution in [0.2, 0.25) is 0 Å². The number of nitrogens with one attached hydrogen (secondary N) is 2. The maximum absolute atomic E-state index is 12.5. The van der Waals surface area contributed by atoms with Crippen molar-refractivity contribution in [2.24, 2.45) is 5.41 Å². The molecule has 0 aromatic rings. The van der Waals surface area contributed by atoms with E-state index in [9.17, 15) is 9.90 Å². The average molecular weight is 254 g/mol. The lowest BCUT2D eigenvalue weighted by Gasteiger charge is -2.33. The van der Waals surface area contributed by atoms with E-state index in [1.54, 1.807) is 0 Å². The first-order valence-electron chi connectivity index (χ1n) is 7.38. The molecule has 2 fully saturated rings. The monoisotopic (exact) mass is 254 g/mol. The molecular formula is C14H26N2O2. The molecule has 1 aliphatic carbocycles. The molecule has 1 saturated carbocycles. The van der Waals surface area contributed by atoms with E-state index >= 15 is 0 Å². The Morgan fingerprint density at radius 3 is 2.83 bits per heavy atom. The van der Waals surface area contributed by atoms with Crippen molar-refractivity contribution in [1.29, 1.82) is 0 Å². The summed E-state index contributed by atoms with van der Waals surface area (Å²) in [6.45, 7) is 3.85. The molecule has 18 heavy (non-hydrogen) atoms. The van der Waals surface area contributed by atoms with Crippen LogP contribution in [0.1, 0.15) is 51.9 Å². The Hall–Kier alpha value is -0.610. The average Bonchev–Trinajstić information content (AvgIpc) is 2.82. The van der Waals surface area contributed by atoms with Crippen molar-refractivity contribution < 1.29 is 9.90 Å². The van der Waals surface area contributed by atoms with Crippen molar-refractivity contribution >= 4 is 5.91 Å². The highest BCUT2D eigenvalue weighted by atomic mass is 16.3. The predicted molar refractivity (Wildman–Crippen MR) is 71.2 cm³/mol. The van der Waals surface area contributed by atoms with Crippen molar-refractivity contribution in [2.45, 2.75) is 64.0 Å². The highest BCUT2D eigenvalue weighted by Gasteiger charge is 2.41. The first-order chi connectivity index (χ1) is 8.68. The molecule has 2 aliphatic rings. The minimum absolute atomic E-state index is 0.0272. The van der Waals surface area contributed by atoms with Gasteiger partial charge in [0.25, 0.3) is 0 Å². The summed E-state index contributed by atoms with van der Waals surface area (Å²) in [5.74, 6) is 0.153. The van der Waals surface area contributed by atoms with Gasteiger partial charge in [0.2, 0.25) is 5.91 Å². The Kier molecular flexibility index (Phi) is 4.62. The van der Waals surface area contributed by atoms with Crippen LogP contribution in [0.25, 0.3) is 0 Å². The molecular weight excluding hydrogens is 228 g/mol. The van der Waals surface area contributed by atoms with Crippen molar-refractivity contribution in [3.05, 3.63) is 0 Å². The van der Waals surface area contributed by atoms with E-state index in [1.807, 2.05) is 0 Å². The first-order valence-corrected chi connectivity index (χ1v) is 7.38. The number of amides is 1. The van der Waals surface area contributed by atoms with Crippen LogP contribution in [0.4, 0.5) is 0 Å². The number of rotatable bonds is 4. The third-order valence-electron chi connectivity index (χ3n) is 4.50. The van der Waals surface area contributed by atoms with Crippen LogP contribution >= 0.6 is 0 Å². The molecule has 104 valence electrons. The number of aliphatic hydroxyl groups is 1. The fraction of sp³-hybridized carbons (Fsp3) is 0.929. The number of carbonyl (C=O) groups excluding carboxylic acids is 1. The zero-order valence-corrected chi connectivity index (χ0v) is 11.4. The van der Waals surface area contributed by atoms with Crippen LogP contribution < -0.4 is 10.6 Å². The summed E-state index contributed by atoms with van der Waals surface area (Å²) in [5, 5.41) is 16.4. The van der Waals surface area contributed by atoms with Crippen molar-refractivity contribution in [2.75, 3.05) is 13.1 Å². The van der Waals surface area contributed by atoms with Gasteiger partial charge in [-0.1, -0.05) is 26.2 Å². The highest BCUT2D eigenvalue weighted by molar-refractivity contribution is 5.83. The molecule has 4 heteroatoms. The van der Waals surface area contributed by atoms with E-state index in [-0.39, 0.29) is 23.5 Å². The quantitative estimate of drug-likeness (QED) is 0.706. The molecule has 1 heterocycles. The molecule has 0 radical (unpaired) electrons. The zero-order valence-electron chi connectivity index (χ0n) is 11.4. The smallest absolute Gasteiger partial charge is 0.227 e. The van der Waals surface area contributed by atoms with Gasteiger partial charge in [-0.2, -0.15) is 0 Å². The number of hydrogen-bond acceptors (Lipinski definition) is 3. The van der Waals surface area contributed by atoms with Gasteiger partial charge in [0, 0.05) is 6.54 Å². The van der Waals surface area contributed by atoms with Crippen LogP contribution in [-0.2, 0) is 4.79 Å². The van der Waals surface area contributed by atoms with E-state index < -0.39 is 0 Å². The summed E-state index contributed by atoms with van der Waals surface area (Å²) in [5.41, 5.74) is -0.230. The highest BCUT2D eigenvalue weighted by Crippen LogP contribution is 2.32. The lowest BCUT2D eigenvalue weighted by atomic mass is 9.80. The zero-order chi connectivity index (χ0) is 13.0. The minimum atomic E-state index is -0.351. The van der Waals surface area contributed by atoms with Gasteiger partial charge in [0.1, 0.15) is 0 Å². The van der Waals surface area contributed by atoms with Gasteiger partial charge < -0.3 is 15.7 Å². The Morgan fingerprint density at radius 1 is 1.44 bits per heavy atom. The fourth-order valence-electron chi connectivity index (χ4n) is 3.34. The molecule has 2 rings (SSSR count). The Labute approximate surface area is 110 Å². The van der Waals surface area contributed by atoms with Gasteiger partial charge in [-0.25, -0.2) is 0 Å². The van der Waals surface area contributed by atoms with Gasteiger partial charge in [-0.3, -0.25) is 4.79 Å². The van der Waals surface area contributed by atoms with Crippen molar-refractivity contribution in [3.8, 4) is 0 Å². The van der Waals surface area contributed by atoms with E-state index in [4.69, 9.17) is 0 Å². The molecule has 3 unspecified atom stereocenters. The maximum Gasteiger partial charge on any atom is 0.227 e. The third-order valence-corrected chi connectivity index (χ3v) is 4.50. The molecule has 0 bridgehead atoms. The molecule has 0 aromatic heterocycles. The van der Waals surface area contributed by atoms with Gasteiger partial charge in [0.15, 0.2) is 0 Å². The van der Waals surface area contributed by atoms with Gasteiger partial charge >= 0.3 is 0 Å². The van der Waals surface area contributed by atoms with E-state index in [0.717, 1.165) is 58.0 Å². The molecule has 3 N–H and O–H groups in total. The standard InChI is InChI=1S/C14H26N2O2/c1-2-7-14(8-9-15-10-14)13(18)16-11-5-3-4-6-12(11)17/h11-12,15,17H,2-10H2,1H3,(H,16,18). The van der Waals surface area contributed by atoms with Gasteiger partial charge in [-0.15, -0.1) is 0 Å². The summed E-state index contributed by atoms with van der Waals surface area (Å²) in [7, 11) is 0. The molecule has 0 spiro atoms. The second kappa shape index (κ2) is 6.02.